The van der Waals surface area contributed by atoms with Gasteiger partial charge in [-0.1, -0.05) is 38.4 Å². The van der Waals surface area contributed by atoms with E-state index in [2.05, 4.69) is 22.5 Å². The minimum absolute atomic E-state index is 0.0127. The Morgan fingerprint density at radius 3 is 2.43 bits per heavy atom. The molecule has 3 amide bonds. The van der Waals surface area contributed by atoms with Gasteiger partial charge in [-0.3, -0.25) is 9.59 Å². The third-order valence-electron chi connectivity index (χ3n) is 10.5. The number of amides is 3. The van der Waals surface area contributed by atoms with Crippen LogP contribution in [0.3, 0.4) is 0 Å². The highest BCUT2D eigenvalue weighted by molar-refractivity contribution is 7.14. The molecule has 2 saturated carbocycles. The number of anilines is 1. The SMILES string of the molecule is C=C[C@@H]1C[C@]1(NC(=O)[C@@H]1C[C@@H](Oc2cc(-c3csc(NC(C)C)n3)nc3c(Cl)c(OC)ccc23)CN1C(=O)[C@@H](NC(=O)OC1CCCC1)C(C)(C)C)C(=O)OC. The van der Waals surface area contributed by atoms with E-state index in [0.29, 0.717) is 40.2 Å². The lowest BCUT2D eigenvalue weighted by atomic mass is 9.85. The number of ether oxygens (including phenoxy) is 4. The zero-order valence-corrected chi connectivity index (χ0v) is 34.5. The third kappa shape index (κ3) is 8.53. The molecule has 0 radical (unpaired) electrons. The second-order valence-electron chi connectivity index (χ2n) is 16.1. The van der Waals surface area contributed by atoms with Crippen LogP contribution in [0.2, 0.25) is 5.02 Å². The number of fused-ring (bicyclic) bond motifs is 1. The highest BCUT2D eigenvalue weighted by Gasteiger charge is 2.62. The van der Waals surface area contributed by atoms with Gasteiger partial charge in [-0.2, -0.15) is 0 Å². The minimum Gasteiger partial charge on any atom is -0.495 e. The zero-order chi connectivity index (χ0) is 40.5. The Morgan fingerprint density at radius 1 is 1.07 bits per heavy atom. The van der Waals surface area contributed by atoms with E-state index < -0.39 is 53.0 Å². The van der Waals surface area contributed by atoms with Crippen molar-refractivity contribution in [2.24, 2.45) is 11.3 Å². The van der Waals surface area contributed by atoms with E-state index in [1.165, 1.54) is 30.5 Å². The van der Waals surface area contributed by atoms with E-state index in [4.69, 9.17) is 40.5 Å². The summed E-state index contributed by atoms with van der Waals surface area (Å²) in [5, 5.41) is 12.5. The monoisotopic (exact) mass is 810 g/mol. The molecule has 5 atom stereocenters. The lowest BCUT2D eigenvalue weighted by Gasteiger charge is -2.35. The molecule has 3 heterocycles. The van der Waals surface area contributed by atoms with E-state index in [1.54, 1.807) is 24.3 Å². The fourth-order valence-electron chi connectivity index (χ4n) is 7.47. The molecule has 14 nitrogen and oxygen atoms in total. The van der Waals surface area contributed by atoms with Gasteiger partial charge in [0.15, 0.2) is 5.13 Å². The van der Waals surface area contributed by atoms with Crippen LogP contribution in [0, 0.1) is 11.3 Å². The van der Waals surface area contributed by atoms with Crippen LogP contribution in [0.4, 0.5) is 9.93 Å². The van der Waals surface area contributed by atoms with Crippen LogP contribution in [0.1, 0.15) is 73.1 Å². The Labute approximate surface area is 336 Å². The number of likely N-dealkylation sites (tertiary alicyclic amines) is 1. The standard InChI is InChI=1S/C40H51ClN6O8S/c1-9-22-18-40(22,36(50)53-8)46-34(48)28-16-24(19-47(28)35(49)33(39(4,5)6)45-38(51)55-23-12-10-11-13-23)54-30-17-26(27-20-56-37(44-27)42-21(2)3)43-32-25(30)14-15-29(52-7)31(32)41/h9,14-15,17,20-24,28,33H,1,10-13,16,18-19H2,2-8H3,(H,42,44)(H,45,51)(H,46,48)/t22-,24-,28+,33-,40-/m1/s1. The number of halogens is 1. The van der Waals surface area contributed by atoms with Crippen molar-refractivity contribution in [3.63, 3.8) is 0 Å². The number of nitrogens with one attached hydrogen (secondary N) is 3. The van der Waals surface area contributed by atoms with E-state index in [0.717, 1.165) is 30.8 Å². The third-order valence-corrected chi connectivity index (χ3v) is 11.7. The van der Waals surface area contributed by atoms with Crippen LogP contribution < -0.4 is 25.4 Å². The van der Waals surface area contributed by atoms with Crippen LogP contribution in [0.5, 0.6) is 11.5 Å². The van der Waals surface area contributed by atoms with Crippen LogP contribution >= 0.6 is 22.9 Å². The first-order valence-corrected chi connectivity index (χ1v) is 20.2. The van der Waals surface area contributed by atoms with E-state index >= 15 is 0 Å². The molecule has 1 aromatic carbocycles. The maximum atomic E-state index is 14.7. The fourth-order valence-corrected chi connectivity index (χ4v) is 8.60. The number of methoxy groups -OCH3 is 2. The molecule has 3 fully saturated rings. The fraction of sp³-hybridized carbons (Fsp3) is 0.550. The molecule has 302 valence electrons. The molecule has 3 aliphatic rings. The van der Waals surface area contributed by atoms with Gasteiger partial charge in [-0.25, -0.2) is 19.6 Å². The Morgan fingerprint density at radius 2 is 1.80 bits per heavy atom. The van der Waals surface area contributed by atoms with Gasteiger partial charge in [0, 0.05) is 35.2 Å². The van der Waals surface area contributed by atoms with Gasteiger partial charge >= 0.3 is 12.1 Å². The van der Waals surface area contributed by atoms with Crippen molar-refractivity contribution in [2.45, 2.75) is 109 Å². The molecule has 3 aromatic rings. The predicted octanol–water partition coefficient (Wildman–Crippen LogP) is 6.51. The number of nitrogens with zero attached hydrogens (tertiary/aromatic N) is 3. The number of carbonyl (C=O) groups is 4. The second-order valence-corrected chi connectivity index (χ2v) is 17.3. The van der Waals surface area contributed by atoms with Crippen molar-refractivity contribution in [1.29, 1.82) is 0 Å². The number of hydrogen-bond donors (Lipinski definition) is 3. The molecule has 1 aliphatic heterocycles. The first-order valence-electron chi connectivity index (χ1n) is 19.0. The van der Waals surface area contributed by atoms with Gasteiger partial charge in [0.2, 0.25) is 11.8 Å². The Bertz CT molecular complexity index is 1990. The highest BCUT2D eigenvalue weighted by Crippen LogP contribution is 2.46. The summed E-state index contributed by atoms with van der Waals surface area (Å²) in [4.78, 5) is 66.1. The number of carbonyl (C=O) groups excluding carboxylic acids is 4. The summed E-state index contributed by atoms with van der Waals surface area (Å²) < 4.78 is 23.0. The maximum Gasteiger partial charge on any atom is 0.408 e. The molecular formula is C40H51ClN6O8S. The molecule has 0 spiro atoms. The molecule has 2 aromatic heterocycles. The predicted molar refractivity (Wildman–Crippen MR) is 214 cm³/mol. The van der Waals surface area contributed by atoms with E-state index in [1.807, 2.05) is 40.0 Å². The smallest absolute Gasteiger partial charge is 0.408 e. The van der Waals surface area contributed by atoms with E-state index in [-0.39, 0.29) is 36.1 Å². The first-order chi connectivity index (χ1) is 26.6. The zero-order valence-electron chi connectivity index (χ0n) is 32.9. The van der Waals surface area contributed by atoms with Crippen molar-refractivity contribution >= 4 is 62.8 Å². The molecule has 2 aliphatic carbocycles. The molecule has 56 heavy (non-hydrogen) atoms. The molecule has 3 N–H and O–H groups in total. The lowest BCUT2D eigenvalue weighted by molar-refractivity contribution is -0.148. The summed E-state index contributed by atoms with van der Waals surface area (Å²) in [6, 6.07) is 3.32. The topological polar surface area (TPSA) is 170 Å². The van der Waals surface area contributed by atoms with Gasteiger partial charge in [0.1, 0.15) is 52.0 Å². The summed E-state index contributed by atoms with van der Waals surface area (Å²) in [5.41, 5.74) is -0.546. The minimum atomic E-state index is -1.29. The molecule has 0 bridgehead atoms. The molecule has 6 rings (SSSR count). The number of esters is 1. The maximum absolute atomic E-state index is 14.7. The normalized spacial score (nSPS) is 22.7. The average molecular weight is 811 g/mol. The molecule has 16 heteroatoms. The van der Waals surface area contributed by atoms with Crippen LogP contribution in [-0.2, 0) is 23.9 Å². The Hall–Kier alpha value is -4.63. The van der Waals surface area contributed by atoms with Gasteiger partial charge < -0.3 is 39.8 Å². The number of hydrogen-bond acceptors (Lipinski definition) is 12. The Balaban J connectivity index is 1.35. The molecule has 1 saturated heterocycles. The molecular weight excluding hydrogens is 760 g/mol. The largest absolute Gasteiger partial charge is 0.495 e. The number of pyridine rings is 1. The number of thiazole rings is 1. The van der Waals surface area contributed by atoms with Crippen LogP contribution in [0.15, 0.2) is 36.2 Å². The van der Waals surface area contributed by atoms with Gasteiger partial charge in [0.05, 0.1) is 32.0 Å². The highest BCUT2D eigenvalue weighted by atomic mass is 35.5. The number of benzene rings is 1. The van der Waals surface area contributed by atoms with Crippen molar-refractivity contribution in [3.05, 3.63) is 41.3 Å². The Kier molecular flexibility index (Phi) is 12.1. The number of alkyl carbamates (subject to hydrolysis) is 1. The lowest BCUT2D eigenvalue weighted by Crippen LogP contribution is -2.59. The first kappa shape index (κ1) is 41.0. The number of rotatable bonds is 13. The van der Waals surface area contributed by atoms with Crippen LogP contribution in [-0.4, -0.2) is 95.4 Å². The summed E-state index contributed by atoms with van der Waals surface area (Å²) in [6.07, 6.45) is 3.86. The van der Waals surface area contributed by atoms with Gasteiger partial charge in [0.25, 0.3) is 0 Å². The summed E-state index contributed by atoms with van der Waals surface area (Å²) in [5.74, 6) is -1.15. The molecule has 0 unspecified atom stereocenters. The second kappa shape index (κ2) is 16.5. The quantitative estimate of drug-likeness (QED) is 0.127. The average Bonchev–Trinajstić information content (AvgIpc) is 3.57. The van der Waals surface area contributed by atoms with Crippen molar-refractivity contribution in [2.75, 3.05) is 26.1 Å². The van der Waals surface area contributed by atoms with Crippen LogP contribution in [0.25, 0.3) is 22.3 Å². The van der Waals surface area contributed by atoms with Crippen molar-refractivity contribution in [3.8, 4) is 22.9 Å². The summed E-state index contributed by atoms with van der Waals surface area (Å²) in [6.45, 7) is 13.3. The van der Waals surface area contributed by atoms with Crippen molar-refractivity contribution in [1.82, 2.24) is 25.5 Å². The summed E-state index contributed by atoms with van der Waals surface area (Å²) in [7, 11) is 2.78. The summed E-state index contributed by atoms with van der Waals surface area (Å²) >= 11 is 8.27. The van der Waals surface area contributed by atoms with E-state index in [9.17, 15) is 19.2 Å². The number of aromatic nitrogens is 2. The van der Waals surface area contributed by atoms with Gasteiger partial charge in [-0.15, -0.1) is 17.9 Å². The van der Waals surface area contributed by atoms with Crippen molar-refractivity contribution < 1.29 is 38.1 Å². The van der Waals surface area contributed by atoms with Gasteiger partial charge in [-0.05, 0) is 63.5 Å².